The van der Waals surface area contributed by atoms with E-state index in [1.54, 1.807) is 13.0 Å². The Bertz CT molecular complexity index is 1280. The summed E-state index contributed by atoms with van der Waals surface area (Å²) in [6.45, 7) is 4.37. The van der Waals surface area contributed by atoms with Gasteiger partial charge in [0.1, 0.15) is 5.82 Å². The fourth-order valence-corrected chi connectivity index (χ4v) is 4.70. The molecule has 0 bridgehead atoms. The predicted molar refractivity (Wildman–Crippen MR) is 134 cm³/mol. The summed E-state index contributed by atoms with van der Waals surface area (Å²) < 4.78 is 84.5. The Morgan fingerprint density at radius 3 is 2.19 bits per heavy atom. The molecule has 3 aromatic carbocycles. The summed E-state index contributed by atoms with van der Waals surface area (Å²) in [6, 6.07) is 8.92. The fourth-order valence-electron chi connectivity index (χ4n) is 4.70. The van der Waals surface area contributed by atoms with Gasteiger partial charge in [-0.05, 0) is 68.9 Å². The van der Waals surface area contributed by atoms with Crippen molar-refractivity contribution in [2.45, 2.75) is 45.6 Å². The maximum absolute atomic E-state index is 15.0. The van der Waals surface area contributed by atoms with Crippen molar-refractivity contribution < 1.29 is 31.4 Å². The molecule has 0 aliphatic carbocycles. The van der Waals surface area contributed by atoms with Crippen molar-refractivity contribution in [3.63, 3.8) is 0 Å². The minimum absolute atomic E-state index is 0.0625. The Morgan fingerprint density at radius 2 is 1.54 bits per heavy atom. The van der Waals surface area contributed by atoms with Crippen LogP contribution in [0.3, 0.4) is 0 Å². The molecule has 2 unspecified atom stereocenters. The van der Waals surface area contributed by atoms with Crippen molar-refractivity contribution in [1.82, 2.24) is 0 Å². The van der Waals surface area contributed by atoms with E-state index in [0.29, 0.717) is 30.9 Å². The van der Waals surface area contributed by atoms with Crippen molar-refractivity contribution in [3.8, 4) is 28.0 Å². The van der Waals surface area contributed by atoms with Crippen molar-refractivity contribution in [3.05, 3.63) is 89.3 Å². The lowest BCUT2D eigenvalue weighted by Crippen LogP contribution is -2.25. The molecule has 1 saturated heterocycles. The number of halogens is 5. The van der Waals surface area contributed by atoms with Crippen molar-refractivity contribution in [2.24, 2.45) is 5.92 Å². The van der Waals surface area contributed by atoms with Gasteiger partial charge in [0.25, 0.3) is 0 Å². The molecule has 0 amide bonds. The summed E-state index contributed by atoms with van der Waals surface area (Å²) >= 11 is 0. The molecular formula is C30H29F5O2. The SMILES string of the molecule is C/C=C/C1CCC(CCc2ccc(-c3ccc(-c4ccc(OCC)c(F)c4F)c(F)c3F)cc2F)OC1. The second-order valence-electron chi connectivity index (χ2n) is 9.12. The molecule has 1 fully saturated rings. The summed E-state index contributed by atoms with van der Waals surface area (Å²) in [6.07, 6.45) is 7.29. The molecule has 1 heterocycles. The second-order valence-corrected chi connectivity index (χ2v) is 9.12. The minimum atomic E-state index is -1.35. The first kappa shape index (κ1) is 26.9. The smallest absolute Gasteiger partial charge is 0.201 e. The third-order valence-corrected chi connectivity index (χ3v) is 6.69. The van der Waals surface area contributed by atoms with Gasteiger partial charge in [-0.1, -0.05) is 36.4 Å². The van der Waals surface area contributed by atoms with E-state index < -0.39 is 40.2 Å². The van der Waals surface area contributed by atoms with E-state index in [0.717, 1.165) is 37.1 Å². The van der Waals surface area contributed by atoms with Crippen LogP contribution in [0, 0.1) is 35.0 Å². The largest absolute Gasteiger partial charge is 0.491 e. The third kappa shape index (κ3) is 5.87. The number of allylic oxidation sites excluding steroid dienone is 1. The standard InChI is InChI=1S/C30H29F5O2/c1-3-5-18-6-10-21(37-17-18)11-9-19-7-8-20(16-25(19)31)22-12-13-23(28(33)27(22)32)24-14-15-26(36-4-2)30(35)29(24)34/h3,5,7-8,12-16,18,21H,4,6,9-11,17H2,1-2H3/b5-3+. The molecule has 0 spiro atoms. The molecule has 0 aromatic heterocycles. The van der Waals surface area contributed by atoms with E-state index in [4.69, 9.17) is 9.47 Å². The Hall–Kier alpha value is -3.19. The highest BCUT2D eigenvalue weighted by atomic mass is 19.2. The molecule has 37 heavy (non-hydrogen) atoms. The highest BCUT2D eigenvalue weighted by Gasteiger charge is 2.23. The molecular weight excluding hydrogens is 487 g/mol. The van der Waals surface area contributed by atoms with Gasteiger partial charge >= 0.3 is 0 Å². The maximum atomic E-state index is 15.0. The highest BCUT2D eigenvalue weighted by molar-refractivity contribution is 5.72. The first-order chi connectivity index (χ1) is 17.8. The Kier molecular flexibility index (Phi) is 8.64. The molecule has 196 valence electrons. The number of aryl methyl sites for hydroxylation is 1. The molecule has 7 heteroatoms. The van der Waals surface area contributed by atoms with E-state index in [9.17, 15) is 17.6 Å². The van der Waals surface area contributed by atoms with Gasteiger partial charge in [0.05, 0.1) is 19.3 Å². The van der Waals surface area contributed by atoms with Crippen molar-refractivity contribution >= 4 is 0 Å². The molecule has 2 atom stereocenters. The van der Waals surface area contributed by atoms with Crippen LogP contribution in [0.2, 0.25) is 0 Å². The van der Waals surface area contributed by atoms with Gasteiger partial charge in [0.15, 0.2) is 23.2 Å². The lowest BCUT2D eigenvalue weighted by molar-refractivity contribution is -0.00798. The van der Waals surface area contributed by atoms with Crippen LogP contribution in [0.1, 0.15) is 38.7 Å². The molecule has 2 nitrogen and oxygen atoms in total. The average Bonchev–Trinajstić information content (AvgIpc) is 2.89. The normalized spacial score (nSPS) is 17.9. The Balaban J connectivity index is 1.51. The van der Waals surface area contributed by atoms with Gasteiger partial charge in [0.2, 0.25) is 5.82 Å². The third-order valence-electron chi connectivity index (χ3n) is 6.69. The van der Waals surface area contributed by atoms with E-state index >= 15 is 4.39 Å². The summed E-state index contributed by atoms with van der Waals surface area (Å²) in [7, 11) is 0. The fraction of sp³-hybridized carbons (Fsp3) is 0.333. The quantitative estimate of drug-likeness (QED) is 0.221. The zero-order valence-electron chi connectivity index (χ0n) is 20.8. The summed E-state index contributed by atoms with van der Waals surface area (Å²) in [5.41, 5.74) is -0.448. The van der Waals surface area contributed by atoms with Crippen LogP contribution in [0.5, 0.6) is 5.75 Å². The molecule has 1 aliphatic rings. The number of ether oxygens (including phenoxy) is 2. The van der Waals surface area contributed by atoms with E-state index in [2.05, 4.69) is 6.08 Å². The predicted octanol–water partition coefficient (Wildman–Crippen LogP) is 8.42. The molecule has 0 N–H and O–H groups in total. The lowest BCUT2D eigenvalue weighted by atomic mass is 9.94. The van der Waals surface area contributed by atoms with Gasteiger partial charge in [-0.25, -0.2) is 17.6 Å². The zero-order valence-corrected chi connectivity index (χ0v) is 20.8. The number of hydrogen-bond donors (Lipinski definition) is 0. The number of rotatable bonds is 8. The van der Waals surface area contributed by atoms with Crippen LogP contribution >= 0.6 is 0 Å². The van der Waals surface area contributed by atoms with Crippen LogP contribution < -0.4 is 4.74 Å². The molecule has 4 rings (SSSR count). The van der Waals surface area contributed by atoms with E-state index in [1.807, 2.05) is 13.0 Å². The maximum Gasteiger partial charge on any atom is 0.201 e. The van der Waals surface area contributed by atoms with Gasteiger partial charge in [0, 0.05) is 22.6 Å². The van der Waals surface area contributed by atoms with Gasteiger partial charge in [-0.3, -0.25) is 0 Å². The molecule has 1 aliphatic heterocycles. The first-order valence-corrected chi connectivity index (χ1v) is 12.5. The van der Waals surface area contributed by atoms with Crippen LogP contribution in [-0.4, -0.2) is 19.3 Å². The summed E-state index contributed by atoms with van der Waals surface area (Å²) in [5.74, 6) is -5.67. The van der Waals surface area contributed by atoms with Crippen LogP contribution in [0.15, 0.2) is 54.6 Å². The minimum Gasteiger partial charge on any atom is -0.491 e. The average molecular weight is 517 g/mol. The monoisotopic (exact) mass is 516 g/mol. The van der Waals surface area contributed by atoms with Crippen LogP contribution in [0.4, 0.5) is 22.0 Å². The van der Waals surface area contributed by atoms with Gasteiger partial charge in [-0.15, -0.1) is 0 Å². The van der Waals surface area contributed by atoms with Crippen molar-refractivity contribution in [1.29, 1.82) is 0 Å². The summed E-state index contributed by atoms with van der Waals surface area (Å²) in [5, 5.41) is 0. The molecule has 0 radical (unpaired) electrons. The van der Waals surface area contributed by atoms with Gasteiger partial charge in [-0.2, -0.15) is 4.39 Å². The van der Waals surface area contributed by atoms with Crippen LogP contribution in [0.25, 0.3) is 22.3 Å². The van der Waals surface area contributed by atoms with E-state index in [-0.39, 0.29) is 29.6 Å². The lowest BCUT2D eigenvalue weighted by Gasteiger charge is -2.27. The summed E-state index contributed by atoms with van der Waals surface area (Å²) in [4.78, 5) is 0. The Morgan fingerprint density at radius 1 is 0.865 bits per heavy atom. The van der Waals surface area contributed by atoms with Gasteiger partial charge < -0.3 is 9.47 Å². The number of hydrogen-bond acceptors (Lipinski definition) is 2. The first-order valence-electron chi connectivity index (χ1n) is 12.5. The van der Waals surface area contributed by atoms with Crippen LogP contribution in [-0.2, 0) is 11.2 Å². The number of benzene rings is 3. The van der Waals surface area contributed by atoms with Crippen molar-refractivity contribution in [2.75, 3.05) is 13.2 Å². The zero-order chi connectivity index (χ0) is 26.5. The molecule has 0 saturated carbocycles. The second kappa shape index (κ2) is 11.9. The molecule has 3 aromatic rings. The topological polar surface area (TPSA) is 18.5 Å². The van der Waals surface area contributed by atoms with E-state index in [1.165, 1.54) is 12.1 Å². The highest BCUT2D eigenvalue weighted by Crippen LogP contribution is 2.36. The Labute approximate surface area is 213 Å².